The Morgan fingerprint density at radius 2 is 2.11 bits per heavy atom. The number of hydrogen-bond acceptors (Lipinski definition) is 4. The first-order chi connectivity index (χ1) is 8.90. The van der Waals surface area contributed by atoms with E-state index in [2.05, 4.69) is 5.32 Å². The third-order valence-electron chi connectivity index (χ3n) is 2.89. The van der Waals surface area contributed by atoms with E-state index in [9.17, 15) is 0 Å². The molecular weight excluding hydrogens is 230 g/mol. The number of methoxy groups -OCH3 is 1. The zero-order chi connectivity index (χ0) is 12.6. The molecule has 1 aromatic carbocycles. The van der Waals surface area contributed by atoms with Gasteiger partial charge in [0.25, 0.3) is 0 Å². The fourth-order valence-corrected chi connectivity index (χ4v) is 1.92. The van der Waals surface area contributed by atoms with Crippen molar-refractivity contribution in [1.82, 2.24) is 5.32 Å². The van der Waals surface area contributed by atoms with E-state index in [0.717, 1.165) is 44.0 Å². The Bertz CT molecular complexity index is 357. The van der Waals surface area contributed by atoms with Crippen molar-refractivity contribution in [3.8, 4) is 11.5 Å². The number of ether oxygens (including phenoxy) is 3. The monoisotopic (exact) mass is 251 g/mol. The molecule has 4 heteroatoms. The molecule has 1 heterocycles. The molecule has 1 aromatic rings. The van der Waals surface area contributed by atoms with Crippen molar-refractivity contribution in [3.63, 3.8) is 0 Å². The maximum atomic E-state index is 5.85. The zero-order valence-electron chi connectivity index (χ0n) is 10.9. The molecule has 0 bridgehead atoms. The predicted molar refractivity (Wildman–Crippen MR) is 70.3 cm³/mol. The molecule has 1 aliphatic rings. The summed E-state index contributed by atoms with van der Waals surface area (Å²) in [5, 5.41) is 3.38. The van der Waals surface area contributed by atoms with Gasteiger partial charge in [-0.3, -0.25) is 0 Å². The molecule has 18 heavy (non-hydrogen) atoms. The van der Waals surface area contributed by atoms with Crippen LogP contribution in [0.5, 0.6) is 11.5 Å². The fourth-order valence-electron chi connectivity index (χ4n) is 1.92. The van der Waals surface area contributed by atoms with Crippen LogP contribution in [0.3, 0.4) is 0 Å². The second-order valence-corrected chi connectivity index (χ2v) is 4.40. The SMILES string of the molecule is COCCCCNCC1COc2ccccc2O1. The van der Waals surface area contributed by atoms with Gasteiger partial charge in [0, 0.05) is 20.3 Å². The highest BCUT2D eigenvalue weighted by Crippen LogP contribution is 2.30. The summed E-state index contributed by atoms with van der Waals surface area (Å²) in [6, 6.07) is 7.79. The largest absolute Gasteiger partial charge is 0.486 e. The predicted octanol–water partition coefficient (Wildman–Crippen LogP) is 1.84. The average molecular weight is 251 g/mol. The van der Waals surface area contributed by atoms with E-state index in [1.807, 2.05) is 24.3 Å². The van der Waals surface area contributed by atoms with Gasteiger partial charge in [-0.05, 0) is 31.5 Å². The minimum atomic E-state index is 0.0994. The molecule has 0 saturated heterocycles. The minimum absolute atomic E-state index is 0.0994. The molecule has 1 aliphatic heterocycles. The summed E-state index contributed by atoms with van der Waals surface area (Å²) >= 11 is 0. The van der Waals surface area contributed by atoms with E-state index in [1.165, 1.54) is 0 Å². The van der Waals surface area contributed by atoms with Crippen molar-refractivity contribution >= 4 is 0 Å². The van der Waals surface area contributed by atoms with Gasteiger partial charge in [-0.15, -0.1) is 0 Å². The third-order valence-corrected chi connectivity index (χ3v) is 2.89. The van der Waals surface area contributed by atoms with Crippen molar-refractivity contribution in [1.29, 1.82) is 0 Å². The van der Waals surface area contributed by atoms with Crippen molar-refractivity contribution in [3.05, 3.63) is 24.3 Å². The molecule has 0 aromatic heterocycles. The van der Waals surface area contributed by atoms with Gasteiger partial charge in [0.05, 0.1) is 0 Å². The van der Waals surface area contributed by atoms with Crippen LogP contribution in [0.25, 0.3) is 0 Å². The maximum Gasteiger partial charge on any atom is 0.161 e. The normalized spacial score (nSPS) is 17.7. The topological polar surface area (TPSA) is 39.7 Å². The van der Waals surface area contributed by atoms with E-state index < -0.39 is 0 Å². The lowest BCUT2D eigenvalue weighted by molar-refractivity contribution is 0.0903. The fraction of sp³-hybridized carbons (Fsp3) is 0.571. The highest BCUT2D eigenvalue weighted by molar-refractivity contribution is 5.40. The summed E-state index contributed by atoms with van der Waals surface area (Å²) in [4.78, 5) is 0. The Morgan fingerprint density at radius 1 is 1.28 bits per heavy atom. The minimum Gasteiger partial charge on any atom is -0.486 e. The number of para-hydroxylation sites is 2. The van der Waals surface area contributed by atoms with Crippen molar-refractivity contribution in [2.45, 2.75) is 18.9 Å². The number of rotatable bonds is 7. The van der Waals surface area contributed by atoms with Gasteiger partial charge in [0.2, 0.25) is 0 Å². The highest BCUT2D eigenvalue weighted by Gasteiger charge is 2.19. The van der Waals surface area contributed by atoms with Crippen LogP contribution in [-0.2, 0) is 4.74 Å². The molecule has 0 radical (unpaired) electrons. The molecule has 1 N–H and O–H groups in total. The standard InChI is InChI=1S/C14H21NO3/c1-16-9-5-4-8-15-10-12-11-17-13-6-2-3-7-14(13)18-12/h2-3,6-7,12,15H,4-5,8-11H2,1H3. The number of benzene rings is 1. The molecule has 0 saturated carbocycles. The summed E-state index contributed by atoms with van der Waals surface area (Å²) in [5.41, 5.74) is 0. The lowest BCUT2D eigenvalue weighted by Gasteiger charge is -2.26. The summed E-state index contributed by atoms with van der Waals surface area (Å²) in [6.07, 6.45) is 2.31. The molecule has 1 unspecified atom stereocenters. The maximum absolute atomic E-state index is 5.85. The van der Waals surface area contributed by atoms with E-state index in [1.54, 1.807) is 7.11 Å². The third kappa shape index (κ3) is 3.89. The van der Waals surface area contributed by atoms with Gasteiger partial charge in [-0.1, -0.05) is 12.1 Å². The van der Waals surface area contributed by atoms with Gasteiger partial charge in [-0.25, -0.2) is 0 Å². The molecule has 0 spiro atoms. The second kappa shape index (κ2) is 7.24. The van der Waals surface area contributed by atoms with Crippen LogP contribution < -0.4 is 14.8 Å². The number of fused-ring (bicyclic) bond motifs is 1. The quantitative estimate of drug-likeness (QED) is 0.751. The lowest BCUT2D eigenvalue weighted by atomic mass is 10.2. The van der Waals surface area contributed by atoms with Crippen LogP contribution in [0, 0.1) is 0 Å². The van der Waals surface area contributed by atoms with Crippen LogP contribution >= 0.6 is 0 Å². The van der Waals surface area contributed by atoms with Crippen molar-refractivity contribution in [2.75, 3.05) is 33.4 Å². The van der Waals surface area contributed by atoms with E-state index in [0.29, 0.717) is 6.61 Å². The summed E-state index contributed by atoms with van der Waals surface area (Å²) in [7, 11) is 1.73. The average Bonchev–Trinajstić information content (AvgIpc) is 2.42. The Kier molecular flexibility index (Phi) is 5.30. The van der Waals surface area contributed by atoms with Crippen LogP contribution in [0.4, 0.5) is 0 Å². The molecule has 1 atom stereocenters. The summed E-state index contributed by atoms with van der Waals surface area (Å²) < 4.78 is 16.5. The number of nitrogens with one attached hydrogen (secondary N) is 1. The molecule has 0 aliphatic carbocycles. The van der Waals surface area contributed by atoms with Crippen LogP contribution in [0.15, 0.2) is 24.3 Å². The van der Waals surface area contributed by atoms with Gasteiger partial charge in [-0.2, -0.15) is 0 Å². The number of hydrogen-bond donors (Lipinski definition) is 1. The zero-order valence-corrected chi connectivity index (χ0v) is 10.9. The molecule has 0 amide bonds. The van der Waals surface area contributed by atoms with Crippen LogP contribution in [0.1, 0.15) is 12.8 Å². The van der Waals surface area contributed by atoms with E-state index in [4.69, 9.17) is 14.2 Å². The Balaban J connectivity index is 1.64. The highest BCUT2D eigenvalue weighted by atomic mass is 16.6. The first-order valence-corrected chi connectivity index (χ1v) is 6.48. The van der Waals surface area contributed by atoms with Crippen LogP contribution in [0.2, 0.25) is 0 Å². The van der Waals surface area contributed by atoms with Gasteiger partial charge in [0.1, 0.15) is 12.7 Å². The number of unbranched alkanes of at least 4 members (excludes halogenated alkanes) is 1. The Hall–Kier alpha value is -1.26. The second-order valence-electron chi connectivity index (χ2n) is 4.40. The molecule has 2 rings (SSSR count). The van der Waals surface area contributed by atoms with Crippen molar-refractivity contribution in [2.24, 2.45) is 0 Å². The van der Waals surface area contributed by atoms with Gasteiger partial charge in [0.15, 0.2) is 11.5 Å². The first-order valence-electron chi connectivity index (χ1n) is 6.48. The van der Waals surface area contributed by atoms with Crippen LogP contribution in [-0.4, -0.2) is 39.5 Å². The van der Waals surface area contributed by atoms with Gasteiger partial charge >= 0.3 is 0 Å². The van der Waals surface area contributed by atoms with Crippen molar-refractivity contribution < 1.29 is 14.2 Å². The van der Waals surface area contributed by atoms with Gasteiger partial charge < -0.3 is 19.5 Å². The summed E-state index contributed by atoms with van der Waals surface area (Å²) in [6.45, 7) is 3.26. The smallest absolute Gasteiger partial charge is 0.161 e. The molecule has 100 valence electrons. The van der Waals surface area contributed by atoms with E-state index >= 15 is 0 Å². The Labute approximate surface area is 108 Å². The summed E-state index contributed by atoms with van der Waals surface area (Å²) in [5.74, 6) is 1.68. The molecular formula is C14H21NO3. The molecule has 0 fully saturated rings. The Morgan fingerprint density at radius 3 is 2.94 bits per heavy atom. The lowest BCUT2D eigenvalue weighted by Crippen LogP contribution is -2.38. The molecule has 4 nitrogen and oxygen atoms in total. The van der Waals surface area contributed by atoms with E-state index in [-0.39, 0.29) is 6.10 Å². The first kappa shape index (κ1) is 13.2.